The highest BCUT2D eigenvalue weighted by molar-refractivity contribution is 6.33. The van der Waals surface area contributed by atoms with Gasteiger partial charge in [0.15, 0.2) is 0 Å². The molecule has 6 nitrogen and oxygen atoms in total. The van der Waals surface area contributed by atoms with Crippen LogP contribution in [0.4, 0.5) is 5.82 Å². The highest BCUT2D eigenvalue weighted by Gasteiger charge is 2.12. The molecular weight excluding hydrogens is 568 g/mol. The van der Waals surface area contributed by atoms with Crippen LogP contribution in [-0.2, 0) is 24.1 Å². The summed E-state index contributed by atoms with van der Waals surface area (Å²) >= 11 is 6.59. The summed E-state index contributed by atoms with van der Waals surface area (Å²) in [5.41, 5.74) is 7.09. The van der Waals surface area contributed by atoms with E-state index in [-0.39, 0.29) is 5.97 Å². The summed E-state index contributed by atoms with van der Waals surface area (Å²) < 4.78 is 4.90. The number of anilines is 1. The summed E-state index contributed by atoms with van der Waals surface area (Å²) in [6.07, 6.45) is 5.40. The molecule has 2 heterocycles. The zero-order chi connectivity index (χ0) is 30.3. The molecule has 0 saturated carbocycles. The molecule has 0 aliphatic rings. The molecule has 0 radical (unpaired) electrons. The summed E-state index contributed by atoms with van der Waals surface area (Å²) in [6, 6.07) is 32.6. The lowest BCUT2D eigenvalue weighted by atomic mass is 10.0. The SMILES string of the molecule is COC(=O)c1ccc2c(c1)nc(NCCc1cccc(CCNCc3ccc(-c4ccccc4)c(Cl)c3)c1)c1ccncc12. The molecule has 0 aliphatic carbocycles. The van der Waals surface area contributed by atoms with Gasteiger partial charge in [0.1, 0.15) is 5.82 Å². The third-order valence-corrected chi connectivity index (χ3v) is 8.07. The lowest BCUT2D eigenvalue weighted by Gasteiger charge is -2.12. The summed E-state index contributed by atoms with van der Waals surface area (Å²) in [4.78, 5) is 21.3. The maximum atomic E-state index is 12.1. The van der Waals surface area contributed by atoms with Crippen molar-refractivity contribution in [1.29, 1.82) is 0 Å². The smallest absolute Gasteiger partial charge is 0.337 e. The van der Waals surface area contributed by atoms with Gasteiger partial charge in [0.05, 0.1) is 18.2 Å². The van der Waals surface area contributed by atoms with Crippen LogP contribution >= 0.6 is 11.6 Å². The highest BCUT2D eigenvalue weighted by Crippen LogP contribution is 2.30. The first kappa shape index (κ1) is 29.3. The summed E-state index contributed by atoms with van der Waals surface area (Å²) in [6.45, 7) is 2.35. The van der Waals surface area contributed by atoms with Crippen LogP contribution in [0, 0.1) is 0 Å². The summed E-state index contributed by atoms with van der Waals surface area (Å²) in [7, 11) is 1.38. The van der Waals surface area contributed by atoms with Crippen molar-refractivity contribution in [1.82, 2.24) is 15.3 Å². The van der Waals surface area contributed by atoms with Gasteiger partial charge in [-0.1, -0.05) is 84.4 Å². The molecule has 7 heteroatoms. The van der Waals surface area contributed by atoms with Gasteiger partial charge in [-0.25, -0.2) is 9.78 Å². The molecule has 2 N–H and O–H groups in total. The first-order valence-corrected chi connectivity index (χ1v) is 15.1. The maximum Gasteiger partial charge on any atom is 0.337 e. The number of pyridine rings is 2. The van der Waals surface area contributed by atoms with Crippen LogP contribution in [0.5, 0.6) is 0 Å². The number of benzene rings is 4. The summed E-state index contributed by atoms with van der Waals surface area (Å²) in [5, 5.41) is 10.8. The fourth-order valence-corrected chi connectivity index (χ4v) is 5.79. The Bertz CT molecular complexity index is 1930. The predicted molar refractivity (Wildman–Crippen MR) is 179 cm³/mol. The van der Waals surface area contributed by atoms with Gasteiger partial charge < -0.3 is 15.4 Å². The van der Waals surface area contributed by atoms with Gasteiger partial charge in [0, 0.05) is 52.2 Å². The number of esters is 1. The van der Waals surface area contributed by atoms with Crippen molar-refractivity contribution in [2.75, 3.05) is 25.5 Å². The molecule has 0 amide bonds. The Morgan fingerprint density at radius 3 is 2.41 bits per heavy atom. The van der Waals surface area contributed by atoms with Gasteiger partial charge >= 0.3 is 5.97 Å². The van der Waals surface area contributed by atoms with E-state index in [4.69, 9.17) is 21.3 Å². The molecule has 6 aromatic rings. The first-order chi connectivity index (χ1) is 21.6. The van der Waals surface area contributed by atoms with Crippen LogP contribution in [-0.4, -0.2) is 36.1 Å². The standard InChI is InChI=1S/C37H33ClN4O2/c1-44-37(43)29-11-13-31-33-24-40-18-16-32(33)36(42-35(31)22-29)41-19-15-26-7-5-6-25(20-26)14-17-39-23-27-10-12-30(34(38)21-27)28-8-3-2-4-9-28/h2-13,16,18,20-22,24,39H,14-15,17,19,23H2,1H3,(H,41,42). The number of carbonyl (C=O) groups is 1. The molecule has 220 valence electrons. The lowest BCUT2D eigenvalue weighted by molar-refractivity contribution is 0.0601. The largest absolute Gasteiger partial charge is 0.465 e. The zero-order valence-electron chi connectivity index (χ0n) is 24.5. The lowest BCUT2D eigenvalue weighted by Crippen LogP contribution is -2.16. The van der Waals surface area contributed by atoms with Crippen LogP contribution in [0.2, 0.25) is 5.02 Å². The molecule has 2 aromatic heterocycles. The molecule has 0 spiro atoms. The van der Waals surface area contributed by atoms with Gasteiger partial charge in [0.2, 0.25) is 0 Å². The van der Waals surface area contributed by atoms with E-state index < -0.39 is 0 Å². The second-order valence-corrected chi connectivity index (χ2v) is 11.1. The minimum absolute atomic E-state index is 0.383. The number of hydrogen-bond donors (Lipinski definition) is 2. The van der Waals surface area contributed by atoms with Crippen LogP contribution in [0.3, 0.4) is 0 Å². The maximum absolute atomic E-state index is 12.1. The normalized spacial score (nSPS) is 11.1. The number of hydrogen-bond acceptors (Lipinski definition) is 6. The van der Waals surface area contributed by atoms with Crippen molar-refractivity contribution in [3.63, 3.8) is 0 Å². The molecule has 0 saturated heterocycles. The Labute approximate surface area is 262 Å². The third kappa shape index (κ3) is 6.72. The van der Waals surface area contributed by atoms with Crippen molar-refractivity contribution in [3.05, 3.63) is 137 Å². The van der Waals surface area contributed by atoms with Crippen LogP contribution in [0.15, 0.2) is 109 Å². The van der Waals surface area contributed by atoms with Crippen LogP contribution in [0.25, 0.3) is 32.8 Å². The van der Waals surface area contributed by atoms with E-state index in [9.17, 15) is 4.79 Å². The van der Waals surface area contributed by atoms with Gasteiger partial charge in [-0.3, -0.25) is 4.98 Å². The number of fused-ring (bicyclic) bond motifs is 3. The number of nitrogens with one attached hydrogen (secondary N) is 2. The van der Waals surface area contributed by atoms with Crippen LogP contribution < -0.4 is 10.6 Å². The molecule has 6 rings (SSSR count). The van der Waals surface area contributed by atoms with Crippen molar-refractivity contribution >= 4 is 45.1 Å². The molecule has 0 bridgehead atoms. The quantitative estimate of drug-likeness (QED) is 0.0895. The molecule has 0 unspecified atom stereocenters. The van der Waals surface area contributed by atoms with Crippen molar-refractivity contribution in [3.8, 4) is 11.1 Å². The third-order valence-electron chi connectivity index (χ3n) is 7.75. The molecule has 0 fully saturated rings. The fraction of sp³-hybridized carbons (Fsp3) is 0.162. The number of aromatic nitrogens is 2. The fourth-order valence-electron chi connectivity index (χ4n) is 5.48. The minimum atomic E-state index is -0.383. The first-order valence-electron chi connectivity index (χ1n) is 14.7. The number of methoxy groups -OCH3 is 1. The Kier molecular flexibility index (Phi) is 9.11. The Balaban J connectivity index is 1.05. The van der Waals surface area contributed by atoms with E-state index in [2.05, 4.69) is 64.1 Å². The van der Waals surface area contributed by atoms with Crippen molar-refractivity contribution < 1.29 is 9.53 Å². The van der Waals surface area contributed by atoms with Gasteiger partial charge in [-0.2, -0.15) is 0 Å². The molecular formula is C37H33ClN4O2. The monoisotopic (exact) mass is 600 g/mol. The molecule has 4 aromatic carbocycles. The Hall–Kier alpha value is -4.78. The van der Waals surface area contributed by atoms with E-state index >= 15 is 0 Å². The average Bonchev–Trinajstić information content (AvgIpc) is 3.07. The van der Waals surface area contributed by atoms with E-state index in [0.29, 0.717) is 12.1 Å². The number of carbonyl (C=O) groups excluding carboxylic acids is 1. The number of ether oxygens (including phenoxy) is 1. The van der Waals surface area contributed by atoms with Gasteiger partial charge in [0.25, 0.3) is 0 Å². The van der Waals surface area contributed by atoms with E-state index in [1.54, 1.807) is 18.3 Å². The Morgan fingerprint density at radius 1 is 0.795 bits per heavy atom. The Morgan fingerprint density at radius 2 is 1.61 bits per heavy atom. The molecule has 44 heavy (non-hydrogen) atoms. The minimum Gasteiger partial charge on any atom is -0.465 e. The topological polar surface area (TPSA) is 76.1 Å². The zero-order valence-corrected chi connectivity index (χ0v) is 25.3. The van der Waals surface area contributed by atoms with E-state index in [1.165, 1.54) is 23.8 Å². The van der Waals surface area contributed by atoms with E-state index in [1.807, 2.05) is 42.6 Å². The van der Waals surface area contributed by atoms with Crippen molar-refractivity contribution in [2.24, 2.45) is 0 Å². The number of halogens is 1. The average molecular weight is 601 g/mol. The second-order valence-electron chi connectivity index (χ2n) is 10.7. The molecule has 0 atom stereocenters. The second kappa shape index (κ2) is 13.7. The predicted octanol–water partition coefficient (Wildman–Crippen LogP) is 7.88. The van der Waals surface area contributed by atoms with Gasteiger partial charge in [-0.05, 0) is 65.9 Å². The van der Waals surface area contributed by atoms with E-state index in [0.717, 1.165) is 69.6 Å². The number of rotatable bonds is 11. The van der Waals surface area contributed by atoms with Gasteiger partial charge in [-0.15, -0.1) is 0 Å². The molecule has 0 aliphatic heterocycles. The van der Waals surface area contributed by atoms with Crippen LogP contribution in [0.1, 0.15) is 27.0 Å². The summed E-state index contributed by atoms with van der Waals surface area (Å²) in [5.74, 6) is 0.389. The number of nitrogens with zero attached hydrogens (tertiary/aromatic N) is 2. The highest BCUT2D eigenvalue weighted by atomic mass is 35.5. The van der Waals surface area contributed by atoms with Crippen molar-refractivity contribution in [2.45, 2.75) is 19.4 Å².